The Morgan fingerprint density at radius 2 is 2.10 bits per heavy atom. The summed E-state index contributed by atoms with van der Waals surface area (Å²) in [4.78, 5) is 14.2. The number of nitrogens with zero attached hydrogens (tertiary/aromatic N) is 1. The summed E-state index contributed by atoms with van der Waals surface area (Å²) in [5.74, 6) is 1.90. The van der Waals surface area contributed by atoms with Gasteiger partial charge in [-0.3, -0.25) is 4.79 Å². The zero-order valence-electron chi connectivity index (χ0n) is 12.8. The van der Waals surface area contributed by atoms with Crippen molar-refractivity contribution in [1.82, 2.24) is 10.2 Å². The standard InChI is InChI=1S/C16H26N2O2/c1-12(2)18(11-15-9-8-13(3)20-15)16(19)10-17-14-6-4-5-7-14/h8-9,12,14,17H,4-7,10-11H2,1-3H3. The smallest absolute Gasteiger partial charge is 0.237 e. The lowest BCUT2D eigenvalue weighted by Gasteiger charge is -2.26. The molecule has 1 amide bonds. The lowest BCUT2D eigenvalue weighted by molar-refractivity contribution is -0.133. The van der Waals surface area contributed by atoms with E-state index in [0.29, 0.717) is 19.1 Å². The van der Waals surface area contributed by atoms with Gasteiger partial charge in [-0.1, -0.05) is 12.8 Å². The molecule has 1 aliphatic rings. The number of rotatable bonds is 6. The number of amides is 1. The van der Waals surface area contributed by atoms with E-state index in [4.69, 9.17) is 4.42 Å². The SMILES string of the molecule is Cc1ccc(CN(C(=O)CNC2CCCC2)C(C)C)o1. The van der Waals surface area contributed by atoms with Crippen LogP contribution in [0.25, 0.3) is 0 Å². The second-order valence-electron chi connectivity index (χ2n) is 5.99. The fraction of sp³-hybridized carbons (Fsp3) is 0.688. The summed E-state index contributed by atoms with van der Waals surface area (Å²) < 4.78 is 5.58. The molecule has 0 unspecified atom stereocenters. The number of nitrogens with one attached hydrogen (secondary N) is 1. The van der Waals surface area contributed by atoms with Gasteiger partial charge in [-0.2, -0.15) is 0 Å². The van der Waals surface area contributed by atoms with Gasteiger partial charge in [0.25, 0.3) is 0 Å². The van der Waals surface area contributed by atoms with E-state index in [1.807, 2.05) is 37.8 Å². The molecule has 1 aromatic rings. The van der Waals surface area contributed by atoms with Crippen LogP contribution in [0.5, 0.6) is 0 Å². The van der Waals surface area contributed by atoms with Crippen molar-refractivity contribution in [3.05, 3.63) is 23.7 Å². The molecule has 4 heteroatoms. The molecular weight excluding hydrogens is 252 g/mol. The van der Waals surface area contributed by atoms with E-state index in [9.17, 15) is 4.79 Å². The van der Waals surface area contributed by atoms with Crippen LogP contribution in [-0.2, 0) is 11.3 Å². The molecule has 20 heavy (non-hydrogen) atoms. The Labute approximate surface area is 121 Å². The average Bonchev–Trinajstić information content (AvgIpc) is 3.04. The van der Waals surface area contributed by atoms with Crippen molar-refractivity contribution in [2.75, 3.05) is 6.54 Å². The van der Waals surface area contributed by atoms with Gasteiger partial charge in [0.1, 0.15) is 11.5 Å². The summed E-state index contributed by atoms with van der Waals surface area (Å²) in [5, 5.41) is 3.39. The molecule has 4 nitrogen and oxygen atoms in total. The monoisotopic (exact) mass is 278 g/mol. The molecule has 0 aromatic carbocycles. The fourth-order valence-electron chi connectivity index (χ4n) is 2.76. The van der Waals surface area contributed by atoms with Gasteiger partial charge in [-0.05, 0) is 45.7 Å². The summed E-state index contributed by atoms with van der Waals surface area (Å²) in [7, 11) is 0. The molecule has 1 N–H and O–H groups in total. The molecule has 1 heterocycles. The number of hydrogen-bond donors (Lipinski definition) is 1. The van der Waals surface area contributed by atoms with Crippen LogP contribution in [-0.4, -0.2) is 29.4 Å². The van der Waals surface area contributed by atoms with E-state index in [1.54, 1.807) is 0 Å². The van der Waals surface area contributed by atoms with E-state index in [2.05, 4.69) is 5.32 Å². The molecule has 1 aliphatic carbocycles. The first-order chi connectivity index (χ1) is 9.56. The molecule has 1 aromatic heterocycles. The van der Waals surface area contributed by atoms with Gasteiger partial charge in [0.15, 0.2) is 0 Å². The van der Waals surface area contributed by atoms with Crippen LogP contribution >= 0.6 is 0 Å². The van der Waals surface area contributed by atoms with E-state index < -0.39 is 0 Å². The van der Waals surface area contributed by atoms with Gasteiger partial charge in [-0.25, -0.2) is 0 Å². The van der Waals surface area contributed by atoms with Crippen molar-refractivity contribution in [2.45, 2.75) is 65.1 Å². The molecule has 0 bridgehead atoms. The van der Waals surface area contributed by atoms with E-state index >= 15 is 0 Å². The van der Waals surface area contributed by atoms with Gasteiger partial charge in [0.05, 0.1) is 13.1 Å². The quantitative estimate of drug-likeness (QED) is 0.870. The van der Waals surface area contributed by atoms with Gasteiger partial charge in [0, 0.05) is 12.1 Å². The van der Waals surface area contributed by atoms with Crippen LogP contribution < -0.4 is 5.32 Å². The minimum absolute atomic E-state index is 0.154. The van der Waals surface area contributed by atoms with Crippen LogP contribution in [0.2, 0.25) is 0 Å². The fourth-order valence-corrected chi connectivity index (χ4v) is 2.76. The first-order valence-corrected chi connectivity index (χ1v) is 7.64. The zero-order valence-corrected chi connectivity index (χ0v) is 12.8. The third-order valence-corrected chi connectivity index (χ3v) is 3.96. The van der Waals surface area contributed by atoms with Gasteiger partial charge < -0.3 is 14.6 Å². The predicted octanol–water partition coefficient (Wildman–Crippen LogP) is 2.86. The van der Waals surface area contributed by atoms with Crippen LogP contribution in [0.15, 0.2) is 16.5 Å². The highest BCUT2D eigenvalue weighted by Gasteiger charge is 2.21. The molecule has 112 valence electrons. The molecule has 1 fully saturated rings. The molecule has 1 saturated carbocycles. The Hall–Kier alpha value is -1.29. The second-order valence-corrected chi connectivity index (χ2v) is 5.99. The highest BCUT2D eigenvalue weighted by Crippen LogP contribution is 2.17. The van der Waals surface area contributed by atoms with Gasteiger partial charge in [-0.15, -0.1) is 0 Å². The number of carbonyl (C=O) groups excluding carboxylic acids is 1. The van der Waals surface area contributed by atoms with Gasteiger partial charge in [0.2, 0.25) is 5.91 Å². The molecule has 0 aliphatic heterocycles. The summed E-state index contributed by atoms with van der Waals surface area (Å²) in [6.45, 7) is 7.00. The van der Waals surface area contributed by atoms with Crippen molar-refractivity contribution in [1.29, 1.82) is 0 Å². The lowest BCUT2D eigenvalue weighted by atomic mass is 10.2. The van der Waals surface area contributed by atoms with Gasteiger partial charge >= 0.3 is 0 Å². The van der Waals surface area contributed by atoms with E-state index in [1.165, 1.54) is 25.7 Å². The van der Waals surface area contributed by atoms with Crippen molar-refractivity contribution >= 4 is 5.91 Å². The van der Waals surface area contributed by atoms with Crippen LogP contribution in [0.3, 0.4) is 0 Å². The van der Waals surface area contributed by atoms with Crippen molar-refractivity contribution in [3.8, 4) is 0 Å². The van der Waals surface area contributed by atoms with Crippen molar-refractivity contribution < 1.29 is 9.21 Å². The minimum Gasteiger partial charge on any atom is -0.464 e. The highest BCUT2D eigenvalue weighted by molar-refractivity contribution is 5.78. The number of furan rings is 1. The number of hydrogen-bond acceptors (Lipinski definition) is 3. The third kappa shape index (κ3) is 4.10. The summed E-state index contributed by atoms with van der Waals surface area (Å²) in [6, 6.07) is 4.59. The van der Waals surface area contributed by atoms with E-state index in [-0.39, 0.29) is 11.9 Å². The van der Waals surface area contributed by atoms with Crippen LogP contribution in [0, 0.1) is 6.92 Å². The molecule has 0 saturated heterocycles. The Kier molecular flexibility index (Phi) is 5.24. The van der Waals surface area contributed by atoms with Crippen LogP contribution in [0.4, 0.5) is 0 Å². The largest absolute Gasteiger partial charge is 0.464 e. The summed E-state index contributed by atoms with van der Waals surface area (Å²) in [6.07, 6.45) is 4.97. The molecular formula is C16H26N2O2. The van der Waals surface area contributed by atoms with E-state index in [0.717, 1.165) is 11.5 Å². The summed E-state index contributed by atoms with van der Waals surface area (Å²) in [5.41, 5.74) is 0. The molecule has 0 spiro atoms. The lowest BCUT2D eigenvalue weighted by Crippen LogP contribution is -2.43. The number of aryl methyl sites for hydroxylation is 1. The Balaban J connectivity index is 1.88. The maximum Gasteiger partial charge on any atom is 0.237 e. The minimum atomic E-state index is 0.154. The molecule has 2 rings (SSSR count). The summed E-state index contributed by atoms with van der Waals surface area (Å²) >= 11 is 0. The average molecular weight is 278 g/mol. The Morgan fingerprint density at radius 3 is 2.65 bits per heavy atom. The first-order valence-electron chi connectivity index (χ1n) is 7.64. The Bertz CT molecular complexity index is 433. The topological polar surface area (TPSA) is 45.5 Å². The van der Waals surface area contributed by atoms with Crippen molar-refractivity contribution in [3.63, 3.8) is 0 Å². The third-order valence-electron chi connectivity index (χ3n) is 3.96. The van der Waals surface area contributed by atoms with Crippen LogP contribution in [0.1, 0.15) is 51.1 Å². The second kappa shape index (κ2) is 6.93. The van der Waals surface area contributed by atoms with Crippen molar-refractivity contribution in [2.24, 2.45) is 0 Å². The maximum absolute atomic E-state index is 12.4. The molecule has 0 atom stereocenters. The predicted molar refractivity (Wildman–Crippen MR) is 79.4 cm³/mol. The Morgan fingerprint density at radius 1 is 1.40 bits per heavy atom. The highest BCUT2D eigenvalue weighted by atomic mass is 16.3. The zero-order chi connectivity index (χ0) is 14.5. The molecule has 0 radical (unpaired) electrons. The first kappa shape index (κ1) is 15.1. The normalized spacial score (nSPS) is 16.0. The maximum atomic E-state index is 12.4. The number of carbonyl (C=O) groups is 1.